The number of nitrogens with zero attached hydrogens (tertiary/aromatic N) is 2. The lowest BCUT2D eigenvalue weighted by atomic mass is 10.1. The summed E-state index contributed by atoms with van der Waals surface area (Å²) in [5.41, 5.74) is 1.57. The van der Waals surface area contributed by atoms with E-state index >= 15 is 0 Å². The van der Waals surface area contributed by atoms with E-state index in [0.717, 1.165) is 0 Å². The first-order valence-corrected chi connectivity index (χ1v) is 5.95. The highest BCUT2D eigenvalue weighted by Gasteiger charge is 2.06. The van der Waals surface area contributed by atoms with E-state index in [1.807, 2.05) is 12.1 Å². The number of aliphatic imine (C=N–C) groups is 1. The standard InChI is InChI=1S/C14H8Cl2N2/c15-10-5-7-11(8-6-10)18-14(9-17)12-3-1-2-4-13(12)16/h1-8H. The Balaban J connectivity index is 2.44. The molecule has 0 saturated carbocycles. The zero-order valence-electron chi connectivity index (χ0n) is 9.27. The molecule has 0 spiro atoms. The van der Waals surface area contributed by atoms with Crippen LogP contribution in [0.4, 0.5) is 5.69 Å². The zero-order valence-corrected chi connectivity index (χ0v) is 10.8. The minimum atomic E-state index is 0.280. The van der Waals surface area contributed by atoms with Crippen molar-refractivity contribution in [3.8, 4) is 6.07 Å². The van der Waals surface area contributed by atoms with Crippen molar-refractivity contribution in [2.75, 3.05) is 0 Å². The van der Waals surface area contributed by atoms with E-state index in [0.29, 0.717) is 21.3 Å². The van der Waals surface area contributed by atoms with Gasteiger partial charge in [0, 0.05) is 10.6 Å². The van der Waals surface area contributed by atoms with Crippen molar-refractivity contribution in [1.82, 2.24) is 0 Å². The maximum Gasteiger partial charge on any atom is 0.149 e. The van der Waals surface area contributed by atoms with Crippen LogP contribution in [0, 0.1) is 11.3 Å². The molecule has 2 rings (SSSR count). The van der Waals surface area contributed by atoms with Crippen molar-refractivity contribution in [2.45, 2.75) is 0 Å². The summed E-state index contributed by atoms with van der Waals surface area (Å²) in [5.74, 6) is 0. The quantitative estimate of drug-likeness (QED) is 0.735. The molecule has 2 aromatic carbocycles. The fourth-order valence-electron chi connectivity index (χ4n) is 1.44. The van der Waals surface area contributed by atoms with Gasteiger partial charge in [0.15, 0.2) is 0 Å². The second-order valence-electron chi connectivity index (χ2n) is 3.53. The fourth-order valence-corrected chi connectivity index (χ4v) is 1.79. The summed E-state index contributed by atoms with van der Waals surface area (Å²) in [4.78, 5) is 4.26. The van der Waals surface area contributed by atoms with E-state index in [2.05, 4.69) is 11.1 Å². The summed E-state index contributed by atoms with van der Waals surface area (Å²) < 4.78 is 0. The Labute approximate surface area is 115 Å². The molecule has 0 fully saturated rings. The molecule has 0 amide bonds. The lowest BCUT2D eigenvalue weighted by Gasteiger charge is -2.01. The second kappa shape index (κ2) is 5.68. The van der Waals surface area contributed by atoms with Gasteiger partial charge in [-0.2, -0.15) is 5.26 Å². The predicted octanol–water partition coefficient (Wildman–Crippen LogP) is 4.64. The first-order chi connectivity index (χ1) is 8.70. The Morgan fingerprint density at radius 1 is 1.00 bits per heavy atom. The van der Waals surface area contributed by atoms with Crippen LogP contribution >= 0.6 is 23.2 Å². The normalized spacial score (nSPS) is 11.1. The summed E-state index contributed by atoms with van der Waals surface area (Å²) in [6.45, 7) is 0. The van der Waals surface area contributed by atoms with Gasteiger partial charge >= 0.3 is 0 Å². The van der Waals surface area contributed by atoms with Crippen molar-refractivity contribution in [2.24, 2.45) is 4.99 Å². The molecule has 18 heavy (non-hydrogen) atoms. The van der Waals surface area contributed by atoms with E-state index in [4.69, 9.17) is 28.5 Å². The van der Waals surface area contributed by atoms with Crippen molar-refractivity contribution in [3.05, 3.63) is 64.1 Å². The van der Waals surface area contributed by atoms with Crippen LogP contribution in [0.3, 0.4) is 0 Å². The second-order valence-corrected chi connectivity index (χ2v) is 4.37. The van der Waals surface area contributed by atoms with Crippen LogP contribution < -0.4 is 0 Å². The lowest BCUT2D eigenvalue weighted by Crippen LogP contribution is -1.97. The molecule has 0 bridgehead atoms. The van der Waals surface area contributed by atoms with Gasteiger partial charge in [-0.15, -0.1) is 0 Å². The molecule has 0 radical (unpaired) electrons. The van der Waals surface area contributed by atoms with Gasteiger partial charge in [0.25, 0.3) is 0 Å². The van der Waals surface area contributed by atoms with Gasteiger partial charge in [0.2, 0.25) is 0 Å². The summed E-state index contributed by atoms with van der Waals surface area (Å²) in [5, 5.41) is 10.3. The molecule has 4 heteroatoms. The lowest BCUT2D eigenvalue weighted by molar-refractivity contribution is 1.48. The van der Waals surface area contributed by atoms with Crippen LogP contribution in [0.2, 0.25) is 10.0 Å². The monoisotopic (exact) mass is 274 g/mol. The summed E-state index contributed by atoms with van der Waals surface area (Å²) in [6.07, 6.45) is 0. The average Bonchev–Trinajstić information content (AvgIpc) is 2.39. The molecule has 2 nitrogen and oxygen atoms in total. The molecule has 0 heterocycles. The summed E-state index contributed by atoms with van der Waals surface area (Å²) >= 11 is 11.8. The SMILES string of the molecule is N#CC(=Nc1ccc(Cl)cc1)c1ccccc1Cl. The number of nitriles is 1. The molecule has 0 aliphatic heterocycles. The molecule has 88 valence electrons. The molecule has 0 N–H and O–H groups in total. The van der Waals surface area contributed by atoms with Crippen LogP contribution in [0.15, 0.2) is 53.5 Å². The number of rotatable bonds is 2. The summed E-state index contributed by atoms with van der Waals surface area (Å²) in [7, 11) is 0. The first kappa shape index (κ1) is 12.6. The molecule has 0 atom stereocenters. The fraction of sp³-hybridized carbons (Fsp3) is 0. The van der Waals surface area contributed by atoms with Crippen LogP contribution in [0.1, 0.15) is 5.56 Å². The molecule has 0 aliphatic carbocycles. The van der Waals surface area contributed by atoms with Gasteiger partial charge in [0.1, 0.15) is 11.8 Å². The number of hydrogen-bond acceptors (Lipinski definition) is 2. The van der Waals surface area contributed by atoms with Gasteiger partial charge < -0.3 is 0 Å². The molecule has 0 unspecified atom stereocenters. The number of hydrogen-bond donors (Lipinski definition) is 0. The Kier molecular flexibility index (Phi) is 3.99. The van der Waals surface area contributed by atoms with Gasteiger partial charge in [0.05, 0.1) is 10.7 Å². The molecule has 0 aromatic heterocycles. The Morgan fingerprint density at radius 3 is 2.28 bits per heavy atom. The molecule has 0 aliphatic rings. The smallest absolute Gasteiger partial charge is 0.149 e. The predicted molar refractivity (Wildman–Crippen MR) is 74.7 cm³/mol. The van der Waals surface area contributed by atoms with Crippen molar-refractivity contribution in [3.63, 3.8) is 0 Å². The van der Waals surface area contributed by atoms with Crippen LogP contribution in [0.5, 0.6) is 0 Å². The third-order valence-corrected chi connectivity index (χ3v) is 2.88. The topological polar surface area (TPSA) is 36.1 Å². The van der Waals surface area contributed by atoms with E-state index < -0.39 is 0 Å². The summed E-state index contributed by atoms with van der Waals surface area (Å²) in [6, 6.07) is 16.1. The van der Waals surface area contributed by atoms with Gasteiger partial charge in [-0.1, -0.05) is 41.4 Å². The molecular formula is C14H8Cl2N2. The zero-order chi connectivity index (χ0) is 13.0. The minimum Gasteiger partial charge on any atom is -0.237 e. The van der Waals surface area contributed by atoms with Gasteiger partial charge in [-0.25, -0.2) is 4.99 Å². The largest absolute Gasteiger partial charge is 0.237 e. The van der Waals surface area contributed by atoms with Crippen molar-refractivity contribution < 1.29 is 0 Å². The van der Waals surface area contributed by atoms with E-state index in [-0.39, 0.29) is 5.71 Å². The molecular weight excluding hydrogens is 267 g/mol. The van der Waals surface area contributed by atoms with E-state index in [1.165, 1.54) is 0 Å². The van der Waals surface area contributed by atoms with Crippen LogP contribution in [0.25, 0.3) is 0 Å². The first-order valence-electron chi connectivity index (χ1n) is 5.20. The third kappa shape index (κ3) is 2.89. The van der Waals surface area contributed by atoms with Gasteiger partial charge in [-0.05, 0) is 30.3 Å². The Hall–Kier alpha value is -1.82. The van der Waals surface area contributed by atoms with E-state index in [1.54, 1.807) is 36.4 Å². The molecule has 0 saturated heterocycles. The molecule has 2 aromatic rings. The minimum absolute atomic E-state index is 0.280. The number of halogens is 2. The van der Waals surface area contributed by atoms with Crippen molar-refractivity contribution >= 4 is 34.6 Å². The maximum atomic E-state index is 9.15. The number of benzene rings is 2. The third-order valence-electron chi connectivity index (χ3n) is 2.30. The Morgan fingerprint density at radius 2 is 1.67 bits per heavy atom. The van der Waals surface area contributed by atoms with Crippen LogP contribution in [-0.4, -0.2) is 5.71 Å². The maximum absolute atomic E-state index is 9.15. The highest BCUT2D eigenvalue weighted by atomic mass is 35.5. The van der Waals surface area contributed by atoms with Gasteiger partial charge in [-0.3, -0.25) is 0 Å². The van der Waals surface area contributed by atoms with E-state index in [9.17, 15) is 0 Å². The highest BCUT2D eigenvalue weighted by molar-refractivity contribution is 6.35. The Bertz CT molecular complexity index is 625. The van der Waals surface area contributed by atoms with Crippen molar-refractivity contribution in [1.29, 1.82) is 5.26 Å². The highest BCUT2D eigenvalue weighted by Crippen LogP contribution is 2.20. The van der Waals surface area contributed by atoms with Crippen LogP contribution in [-0.2, 0) is 0 Å². The average molecular weight is 275 g/mol.